The third-order valence-electron chi connectivity index (χ3n) is 1.45. The van der Waals surface area contributed by atoms with Gasteiger partial charge in [-0.3, -0.25) is 0 Å². The Morgan fingerprint density at radius 2 is 1.91 bits per heavy atom. The molecular formula is C10H8N+. The maximum atomic E-state index is 5.24. The van der Waals surface area contributed by atoms with E-state index >= 15 is 0 Å². The summed E-state index contributed by atoms with van der Waals surface area (Å²) in [6.07, 6.45) is 10.5. The van der Waals surface area contributed by atoms with Gasteiger partial charge in [0.25, 0.3) is 0 Å². The lowest BCUT2D eigenvalue weighted by Gasteiger charge is -1.95. The highest BCUT2D eigenvalue weighted by molar-refractivity contribution is 5.58. The summed E-state index contributed by atoms with van der Waals surface area (Å²) < 4.78 is 0. The molecule has 0 saturated carbocycles. The predicted octanol–water partition coefficient (Wildman–Crippen LogP) is 0.523. The van der Waals surface area contributed by atoms with E-state index in [1.807, 2.05) is 18.2 Å². The third kappa shape index (κ3) is 1.24. The topological polar surface area (TPSA) is 27.6 Å². The van der Waals surface area contributed by atoms with E-state index in [-0.39, 0.29) is 0 Å². The van der Waals surface area contributed by atoms with Gasteiger partial charge >= 0.3 is 0 Å². The van der Waals surface area contributed by atoms with Gasteiger partial charge < -0.3 is 5.73 Å². The molecule has 1 heteroatoms. The third-order valence-corrected chi connectivity index (χ3v) is 1.45. The van der Waals surface area contributed by atoms with Gasteiger partial charge in [-0.15, -0.1) is 12.8 Å². The van der Waals surface area contributed by atoms with Gasteiger partial charge in [-0.1, -0.05) is 17.9 Å². The van der Waals surface area contributed by atoms with Crippen LogP contribution in [0.3, 0.4) is 0 Å². The molecule has 3 N–H and O–H groups in total. The van der Waals surface area contributed by atoms with Gasteiger partial charge in [0.1, 0.15) is 11.3 Å². The molecule has 1 aromatic carbocycles. The lowest BCUT2D eigenvalue weighted by molar-refractivity contribution is -0.255. The van der Waals surface area contributed by atoms with E-state index in [1.54, 1.807) is 0 Å². The number of quaternary nitrogens is 1. The van der Waals surface area contributed by atoms with Crippen molar-refractivity contribution in [1.82, 2.24) is 0 Å². The quantitative estimate of drug-likeness (QED) is 0.511. The van der Waals surface area contributed by atoms with E-state index in [2.05, 4.69) is 17.6 Å². The molecule has 0 aromatic heterocycles. The zero-order valence-corrected chi connectivity index (χ0v) is 6.09. The van der Waals surface area contributed by atoms with Crippen LogP contribution in [0.2, 0.25) is 0 Å². The molecule has 0 aliphatic rings. The Morgan fingerprint density at radius 3 is 2.36 bits per heavy atom. The largest absolute Gasteiger partial charge is 0.324 e. The molecule has 0 atom stereocenters. The fraction of sp³-hybridized carbons (Fsp3) is 0. The van der Waals surface area contributed by atoms with Gasteiger partial charge in [-0.2, -0.15) is 0 Å². The van der Waals surface area contributed by atoms with Crippen LogP contribution in [0.1, 0.15) is 11.1 Å². The van der Waals surface area contributed by atoms with Crippen molar-refractivity contribution in [3.05, 3.63) is 29.3 Å². The van der Waals surface area contributed by atoms with Crippen LogP contribution in [0.4, 0.5) is 5.69 Å². The average molecular weight is 142 g/mol. The lowest BCUT2D eigenvalue weighted by Crippen LogP contribution is -2.41. The molecule has 1 rings (SSSR count). The summed E-state index contributed by atoms with van der Waals surface area (Å²) in [5.41, 5.74) is 6.02. The van der Waals surface area contributed by atoms with Crippen LogP contribution in [0, 0.1) is 24.7 Å². The highest BCUT2D eigenvalue weighted by Crippen LogP contribution is 2.12. The van der Waals surface area contributed by atoms with Crippen LogP contribution < -0.4 is 5.73 Å². The number of terminal acetylenes is 2. The molecule has 0 saturated heterocycles. The fourth-order valence-corrected chi connectivity index (χ4v) is 0.891. The molecule has 0 aliphatic carbocycles. The molecule has 0 bridgehead atoms. The molecule has 0 aliphatic heterocycles. The molecule has 52 valence electrons. The van der Waals surface area contributed by atoms with Crippen LogP contribution in [0.25, 0.3) is 0 Å². The molecule has 1 nitrogen and oxygen atoms in total. The summed E-state index contributed by atoms with van der Waals surface area (Å²) in [4.78, 5) is 0. The monoisotopic (exact) mass is 142 g/mol. The van der Waals surface area contributed by atoms with Crippen LogP contribution in [0.15, 0.2) is 18.2 Å². The lowest BCUT2D eigenvalue weighted by atomic mass is 10.1. The first kappa shape index (κ1) is 7.41. The normalized spacial score (nSPS) is 8.27. The second kappa shape index (κ2) is 2.92. The van der Waals surface area contributed by atoms with Crippen molar-refractivity contribution in [3.8, 4) is 24.7 Å². The van der Waals surface area contributed by atoms with E-state index in [0.29, 0.717) is 0 Å². The minimum Gasteiger partial charge on any atom is -0.324 e. The zero-order chi connectivity index (χ0) is 8.27. The Hall–Kier alpha value is -1.70. The van der Waals surface area contributed by atoms with Gasteiger partial charge in [0.05, 0.1) is 0 Å². The van der Waals surface area contributed by atoms with Gasteiger partial charge in [-0.05, 0) is 6.07 Å². The Kier molecular flexibility index (Phi) is 1.97. The van der Waals surface area contributed by atoms with Crippen molar-refractivity contribution < 1.29 is 5.73 Å². The zero-order valence-electron chi connectivity index (χ0n) is 6.09. The molecule has 0 radical (unpaired) electrons. The summed E-state index contributed by atoms with van der Waals surface area (Å²) >= 11 is 0. The highest BCUT2D eigenvalue weighted by Gasteiger charge is 2.02. The summed E-state index contributed by atoms with van der Waals surface area (Å²) in [6, 6.07) is 5.50. The SMILES string of the molecule is C#Cc1cccc([NH3+])c1C#C. The van der Waals surface area contributed by atoms with Crippen LogP contribution in [0.5, 0.6) is 0 Å². The number of hydrogen-bond acceptors (Lipinski definition) is 0. The molecular weight excluding hydrogens is 134 g/mol. The number of rotatable bonds is 0. The second-order valence-corrected chi connectivity index (χ2v) is 2.13. The summed E-state index contributed by atoms with van der Waals surface area (Å²) in [5.74, 6) is 5.01. The molecule has 0 unspecified atom stereocenters. The Labute approximate surface area is 66.2 Å². The molecule has 0 amide bonds. The van der Waals surface area contributed by atoms with E-state index in [9.17, 15) is 0 Å². The Morgan fingerprint density at radius 1 is 1.18 bits per heavy atom. The van der Waals surface area contributed by atoms with Crippen molar-refractivity contribution in [2.24, 2.45) is 0 Å². The Bertz CT molecular complexity index is 350. The predicted molar refractivity (Wildman–Crippen MR) is 44.9 cm³/mol. The van der Waals surface area contributed by atoms with Gasteiger partial charge in [0, 0.05) is 11.6 Å². The number of hydrogen-bond donors (Lipinski definition) is 1. The average Bonchev–Trinajstić information content (AvgIpc) is 2.04. The van der Waals surface area contributed by atoms with E-state index in [1.165, 1.54) is 0 Å². The molecule has 0 spiro atoms. The van der Waals surface area contributed by atoms with Crippen molar-refractivity contribution in [2.75, 3.05) is 0 Å². The fourth-order valence-electron chi connectivity index (χ4n) is 0.891. The van der Waals surface area contributed by atoms with Crippen LogP contribution in [-0.4, -0.2) is 0 Å². The molecule has 1 aromatic rings. The van der Waals surface area contributed by atoms with Crippen molar-refractivity contribution in [3.63, 3.8) is 0 Å². The highest BCUT2D eigenvalue weighted by atomic mass is 14.6. The summed E-state index contributed by atoms with van der Waals surface area (Å²) in [6.45, 7) is 0. The Balaban J connectivity index is 3.42. The van der Waals surface area contributed by atoms with Gasteiger partial charge in [-0.25, -0.2) is 0 Å². The van der Waals surface area contributed by atoms with Gasteiger partial charge in [0.15, 0.2) is 0 Å². The molecule has 0 fully saturated rings. The maximum Gasteiger partial charge on any atom is 0.145 e. The second-order valence-electron chi connectivity index (χ2n) is 2.13. The minimum atomic E-state index is 0.718. The van der Waals surface area contributed by atoms with Crippen molar-refractivity contribution in [1.29, 1.82) is 0 Å². The number of benzene rings is 1. The first-order valence-electron chi connectivity index (χ1n) is 3.17. The van der Waals surface area contributed by atoms with E-state index in [4.69, 9.17) is 12.8 Å². The standard InChI is InChI=1S/C10H7N/c1-3-8-6-5-7-10(11)9(8)4-2/h1-2,5-7H,11H2/p+1. The first-order valence-corrected chi connectivity index (χ1v) is 3.17. The van der Waals surface area contributed by atoms with Gasteiger partial charge in [0.2, 0.25) is 0 Å². The first-order chi connectivity index (χ1) is 5.29. The van der Waals surface area contributed by atoms with Crippen molar-refractivity contribution >= 4 is 5.69 Å². The smallest absolute Gasteiger partial charge is 0.145 e. The molecule has 0 heterocycles. The van der Waals surface area contributed by atoms with Crippen LogP contribution in [-0.2, 0) is 0 Å². The van der Waals surface area contributed by atoms with E-state index < -0.39 is 0 Å². The maximum absolute atomic E-state index is 5.24. The van der Waals surface area contributed by atoms with E-state index in [0.717, 1.165) is 16.8 Å². The van der Waals surface area contributed by atoms with Crippen LogP contribution >= 0.6 is 0 Å². The minimum absolute atomic E-state index is 0.718. The summed E-state index contributed by atoms with van der Waals surface area (Å²) in [5, 5.41) is 0. The van der Waals surface area contributed by atoms with Crippen molar-refractivity contribution in [2.45, 2.75) is 0 Å². The molecule has 11 heavy (non-hydrogen) atoms. The summed E-state index contributed by atoms with van der Waals surface area (Å²) in [7, 11) is 0.